The molecule has 1 aromatic carbocycles. The lowest BCUT2D eigenvalue weighted by atomic mass is 9.69. The van der Waals surface area contributed by atoms with Crippen LogP contribution in [-0.4, -0.2) is 34.3 Å². The van der Waals surface area contributed by atoms with Crippen molar-refractivity contribution < 1.29 is 14.6 Å². The number of amides is 1. The van der Waals surface area contributed by atoms with Crippen molar-refractivity contribution in [2.24, 2.45) is 0 Å². The molecule has 4 nitrogen and oxygen atoms in total. The number of nitrogens with zero attached hydrogens (tertiary/aromatic N) is 1. The number of fused-ring (bicyclic) bond motifs is 2. The molecule has 0 unspecified atom stereocenters. The number of hydrogen-bond donors (Lipinski definition) is 1. The number of hydrogen-bond acceptors (Lipinski definition) is 3. The Bertz CT molecular complexity index is 434. The lowest BCUT2D eigenvalue weighted by molar-refractivity contribution is -0.131. The molecule has 0 atom stereocenters. The highest BCUT2D eigenvalue weighted by Gasteiger charge is 2.51. The van der Waals surface area contributed by atoms with Crippen molar-refractivity contribution in [1.82, 2.24) is 4.90 Å². The standard InChI is InChI=1S/C14H17NO3/c16-13(18-10-11-4-2-1-3-5-11)15-7-6-14(17)8-12(15)9-14/h1-5,12,17H,6-10H2. The SMILES string of the molecule is O=C(OCc1ccccc1)N1CCC2(O)CC1C2. The van der Waals surface area contributed by atoms with Gasteiger partial charge in [-0.15, -0.1) is 0 Å². The van der Waals surface area contributed by atoms with E-state index in [1.165, 1.54) is 0 Å². The van der Waals surface area contributed by atoms with Gasteiger partial charge in [-0.1, -0.05) is 30.3 Å². The molecule has 4 rings (SSSR count). The Hall–Kier alpha value is -1.55. The van der Waals surface area contributed by atoms with Crippen LogP contribution in [0, 0.1) is 0 Å². The molecule has 0 radical (unpaired) electrons. The number of carbonyl (C=O) groups excluding carboxylic acids is 1. The van der Waals surface area contributed by atoms with Crippen molar-refractivity contribution in [3.8, 4) is 0 Å². The van der Waals surface area contributed by atoms with Crippen LogP contribution in [0.4, 0.5) is 4.79 Å². The van der Waals surface area contributed by atoms with Gasteiger partial charge in [0.05, 0.1) is 5.60 Å². The average Bonchev–Trinajstić information content (AvgIpc) is 2.36. The second kappa shape index (κ2) is 4.28. The molecule has 2 bridgehead atoms. The molecule has 3 fully saturated rings. The van der Waals surface area contributed by atoms with Crippen LogP contribution < -0.4 is 0 Å². The Balaban J connectivity index is 1.53. The topological polar surface area (TPSA) is 49.8 Å². The molecule has 1 saturated carbocycles. The van der Waals surface area contributed by atoms with Crippen molar-refractivity contribution in [1.29, 1.82) is 0 Å². The molecule has 2 aliphatic heterocycles. The van der Waals surface area contributed by atoms with Crippen molar-refractivity contribution in [3.63, 3.8) is 0 Å². The predicted octanol–water partition coefficient (Wildman–Crippen LogP) is 1.92. The zero-order valence-corrected chi connectivity index (χ0v) is 10.2. The monoisotopic (exact) mass is 247 g/mol. The van der Waals surface area contributed by atoms with Gasteiger partial charge in [-0.05, 0) is 24.8 Å². The number of rotatable bonds is 2. The summed E-state index contributed by atoms with van der Waals surface area (Å²) in [7, 11) is 0. The van der Waals surface area contributed by atoms with Gasteiger partial charge in [-0.25, -0.2) is 4.79 Å². The second-order valence-electron chi connectivity index (χ2n) is 5.27. The van der Waals surface area contributed by atoms with Crippen LogP contribution in [0.1, 0.15) is 24.8 Å². The normalized spacial score (nSPS) is 29.6. The van der Waals surface area contributed by atoms with Crippen molar-refractivity contribution >= 4 is 6.09 Å². The van der Waals surface area contributed by atoms with Crippen LogP contribution in [0.15, 0.2) is 30.3 Å². The summed E-state index contributed by atoms with van der Waals surface area (Å²) in [5.74, 6) is 0. The number of piperidine rings is 2. The first-order valence-electron chi connectivity index (χ1n) is 6.36. The van der Waals surface area contributed by atoms with Crippen molar-refractivity contribution in [3.05, 3.63) is 35.9 Å². The van der Waals surface area contributed by atoms with Gasteiger partial charge >= 0.3 is 6.09 Å². The molecule has 1 amide bonds. The average molecular weight is 247 g/mol. The van der Waals surface area contributed by atoms with E-state index in [-0.39, 0.29) is 12.1 Å². The molecule has 0 aromatic heterocycles. The number of carbonyl (C=O) groups is 1. The van der Waals surface area contributed by atoms with E-state index < -0.39 is 5.60 Å². The molecule has 4 heteroatoms. The van der Waals surface area contributed by atoms with Gasteiger partial charge in [0.25, 0.3) is 0 Å². The maximum atomic E-state index is 11.9. The molecule has 2 heterocycles. The molecule has 2 saturated heterocycles. The molecular weight excluding hydrogens is 230 g/mol. The van der Waals surface area contributed by atoms with Crippen LogP contribution in [-0.2, 0) is 11.3 Å². The third-order valence-electron chi connectivity index (χ3n) is 3.93. The van der Waals surface area contributed by atoms with E-state index in [1.807, 2.05) is 30.3 Å². The zero-order chi connectivity index (χ0) is 12.6. The summed E-state index contributed by atoms with van der Waals surface area (Å²) in [4.78, 5) is 13.7. The van der Waals surface area contributed by atoms with E-state index >= 15 is 0 Å². The molecule has 1 N–H and O–H groups in total. The van der Waals surface area contributed by atoms with Gasteiger partial charge in [0.15, 0.2) is 0 Å². The van der Waals surface area contributed by atoms with Crippen LogP contribution in [0.5, 0.6) is 0 Å². The Labute approximate surface area is 106 Å². The summed E-state index contributed by atoms with van der Waals surface area (Å²) in [5, 5.41) is 9.87. The van der Waals surface area contributed by atoms with Crippen LogP contribution in [0.2, 0.25) is 0 Å². The molecular formula is C14H17NO3. The zero-order valence-electron chi connectivity index (χ0n) is 10.2. The summed E-state index contributed by atoms with van der Waals surface area (Å²) in [5.41, 5.74) is 0.494. The molecule has 0 spiro atoms. The smallest absolute Gasteiger partial charge is 0.410 e. The maximum Gasteiger partial charge on any atom is 0.410 e. The van der Waals surface area contributed by atoms with E-state index in [0.29, 0.717) is 32.4 Å². The Morgan fingerprint density at radius 2 is 2.11 bits per heavy atom. The van der Waals surface area contributed by atoms with Crippen molar-refractivity contribution in [2.75, 3.05) is 6.54 Å². The fourth-order valence-corrected chi connectivity index (χ4v) is 2.80. The highest BCUT2D eigenvalue weighted by molar-refractivity contribution is 5.68. The fourth-order valence-electron chi connectivity index (χ4n) is 2.80. The lowest BCUT2D eigenvalue weighted by Gasteiger charge is -2.53. The van der Waals surface area contributed by atoms with Gasteiger partial charge < -0.3 is 14.7 Å². The van der Waals surface area contributed by atoms with E-state index in [0.717, 1.165) is 5.56 Å². The quantitative estimate of drug-likeness (QED) is 0.868. The van der Waals surface area contributed by atoms with Crippen LogP contribution in [0.3, 0.4) is 0 Å². The van der Waals surface area contributed by atoms with Gasteiger partial charge in [0.2, 0.25) is 0 Å². The highest BCUT2D eigenvalue weighted by atomic mass is 16.6. The first-order valence-corrected chi connectivity index (χ1v) is 6.36. The minimum absolute atomic E-state index is 0.173. The van der Waals surface area contributed by atoms with E-state index in [4.69, 9.17) is 4.74 Å². The predicted molar refractivity (Wildman–Crippen MR) is 65.9 cm³/mol. The first-order chi connectivity index (χ1) is 8.66. The number of aliphatic hydroxyl groups is 1. The summed E-state index contributed by atoms with van der Waals surface area (Å²) in [6, 6.07) is 9.83. The summed E-state index contributed by atoms with van der Waals surface area (Å²) < 4.78 is 5.30. The molecule has 3 aliphatic rings. The molecule has 96 valence electrons. The van der Waals surface area contributed by atoms with Crippen molar-refractivity contribution in [2.45, 2.75) is 37.5 Å². The first kappa shape index (κ1) is 11.5. The minimum Gasteiger partial charge on any atom is -0.445 e. The Kier molecular flexibility index (Phi) is 2.74. The maximum absolute atomic E-state index is 11.9. The highest BCUT2D eigenvalue weighted by Crippen LogP contribution is 2.43. The van der Waals surface area contributed by atoms with E-state index in [9.17, 15) is 9.90 Å². The molecule has 1 aliphatic carbocycles. The molecule has 1 aromatic rings. The third kappa shape index (κ3) is 2.08. The van der Waals surface area contributed by atoms with Gasteiger partial charge in [-0.2, -0.15) is 0 Å². The fraction of sp³-hybridized carbons (Fsp3) is 0.500. The number of ether oxygens (including phenoxy) is 1. The summed E-state index contributed by atoms with van der Waals surface area (Å²) >= 11 is 0. The van der Waals surface area contributed by atoms with Crippen LogP contribution in [0.25, 0.3) is 0 Å². The van der Waals surface area contributed by atoms with Gasteiger partial charge in [-0.3, -0.25) is 0 Å². The van der Waals surface area contributed by atoms with Gasteiger partial charge in [0, 0.05) is 12.6 Å². The van der Waals surface area contributed by atoms with Gasteiger partial charge in [0.1, 0.15) is 6.61 Å². The van der Waals surface area contributed by atoms with Crippen LogP contribution >= 0.6 is 0 Å². The minimum atomic E-state index is -0.499. The number of benzene rings is 1. The Morgan fingerprint density at radius 3 is 2.72 bits per heavy atom. The summed E-state index contributed by atoms with van der Waals surface area (Å²) in [6.07, 6.45) is 1.82. The largest absolute Gasteiger partial charge is 0.445 e. The lowest BCUT2D eigenvalue weighted by Crippen LogP contribution is -2.63. The van der Waals surface area contributed by atoms with E-state index in [2.05, 4.69) is 0 Å². The molecule has 18 heavy (non-hydrogen) atoms. The Morgan fingerprint density at radius 1 is 1.39 bits per heavy atom. The second-order valence-corrected chi connectivity index (χ2v) is 5.27. The van der Waals surface area contributed by atoms with E-state index in [1.54, 1.807) is 4.90 Å². The summed E-state index contributed by atoms with van der Waals surface area (Å²) in [6.45, 7) is 0.919. The third-order valence-corrected chi connectivity index (χ3v) is 3.93.